The van der Waals surface area contributed by atoms with Crippen molar-refractivity contribution >= 4 is 17.2 Å². The van der Waals surface area contributed by atoms with Crippen molar-refractivity contribution in [3.8, 4) is 6.07 Å². The van der Waals surface area contributed by atoms with Crippen molar-refractivity contribution in [2.75, 3.05) is 0 Å². The molecule has 0 aliphatic heterocycles. The van der Waals surface area contributed by atoms with Crippen LogP contribution in [0, 0.1) is 23.7 Å². The SMILES string of the molecule is Cc1ccc(CC(C)NC(=O)C2(C#N)CCC2)s1. The minimum absolute atomic E-state index is 0.0846. The highest BCUT2D eigenvalue weighted by Gasteiger charge is 2.44. The molecule has 0 spiro atoms. The zero-order valence-electron chi connectivity index (χ0n) is 10.8. The van der Waals surface area contributed by atoms with Gasteiger partial charge in [-0.2, -0.15) is 5.26 Å². The first-order valence-electron chi connectivity index (χ1n) is 6.33. The minimum atomic E-state index is -0.736. The number of hydrogen-bond acceptors (Lipinski definition) is 3. The average molecular weight is 262 g/mol. The van der Waals surface area contributed by atoms with E-state index in [0.717, 1.165) is 12.8 Å². The molecule has 1 N–H and O–H groups in total. The van der Waals surface area contributed by atoms with Crippen molar-refractivity contribution in [3.63, 3.8) is 0 Å². The van der Waals surface area contributed by atoms with Gasteiger partial charge in [0, 0.05) is 22.2 Å². The summed E-state index contributed by atoms with van der Waals surface area (Å²) in [6, 6.07) is 6.46. The normalized spacial score (nSPS) is 18.5. The van der Waals surface area contributed by atoms with Crippen LogP contribution >= 0.6 is 11.3 Å². The highest BCUT2D eigenvalue weighted by atomic mass is 32.1. The summed E-state index contributed by atoms with van der Waals surface area (Å²) < 4.78 is 0. The summed E-state index contributed by atoms with van der Waals surface area (Å²) in [6.07, 6.45) is 3.24. The highest BCUT2D eigenvalue weighted by molar-refractivity contribution is 7.11. The fraction of sp³-hybridized carbons (Fsp3) is 0.571. The molecule has 0 saturated heterocycles. The Morgan fingerprint density at radius 1 is 1.61 bits per heavy atom. The van der Waals surface area contributed by atoms with Crippen molar-refractivity contribution in [3.05, 3.63) is 21.9 Å². The van der Waals surface area contributed by atoms with Gasteiger partial charge in [0.15, 0.2) is 0 Å². The van der Waals surface area contributed by atoms with Crippen LogP contribution in [0.1, 0.15) is 35.9 Å². The zero-order chi connectivity index (χ0) is 13.2. The molecule has 1 aliphatic carbocycles. The monoisotopic (exact) mass is 262 g/mol. The molecule has 1 amide bonds. The lowest BCUT2D eigenvalue weighted by Crippen LogP contribution is -2.48. The zero-order valence-corrected chi connectivity index (χ0v) is 11.6. The van der Waals surface area contributed by atoms with Crippen LogP contribution < -0.4 is 5.32 Å². The van der Waals surface area contributed by atoms with Crippen LogP contribution in [0.2, 0.25) is 0 Å². The molecule has 1 fully saturated rings. The van der Waals surface area contributed by atoms with Gasteiger partial charge in [0.25, 0.3) is 0 Å². The smallest absolute Gasteiger partial charge is 0.240 e. The molecule has 1 aliphatic rings. The number of hydrogen-bond donors (Lipinski definition) is 1. The summed E-state index contributed by atoms with van der Waals surface area (Å²) in [5.74, 6) is -0.0861. The van der Waals surface area contributed by atoms with Crippen LogP contribution in [0.25, 0.3) is 0 Å². The van der Waals surface area contributed by atoms with Crippen LogP contribution in [0.5, 0.6) is 0 Å². The van der Waals surface area contributed by atoms with Gasteiger partial charge in [0.2, 0.25) is 5.91 Å². The van der Waals surface area contributed by atoms with Crippen molar-refractivity contribution in [2.24, 2.45) is 5.41 Å². The Labute approximate surface area is 112 Å². The van der Waals surface area contributed by atoms with Gasteiger partial charge >= 0.3 is 0 Å². The van der Waals surface area contributed by atoms with Crippen LogP contribution in [0.4, 0.5) is 0 Å². The number of rotatable bonds is 4. The van der Waals surface area contributed by atoms with Gasteiger partial charge in [0.05, 0.1) is 6.07 Å². The second-order valence-electron chi connectivity index (χ2n) is 5.14. The molecule has 4 heteroatoms. The Kier molecular flexibility index (Phi) is 3.72. The number of nitrogens with one attached hydrogen (secondary N) is 1. The fourth-order valence-electron chi connectivity index (χ4n) is 2.23. The van der Waals surface area contributed by atoms with Crippen molar-refractivity contribution < 1.29 is 4.79 Å². The highest BCUT2D eigenvalue weighted by Crippen LogP contribution is 2.40. The number of carbonyl (C=O) groups excluding carboxylic acids is 1. The van der Waals surface area contributed by atoms with Gasteiger partial charge in [-0.05, 0) is 45.2 Å². The number of nitrogens with zero attached hydrogens (tertiary/aromatic N) is 1. The van der Waals surface area contributed by atoms with Gasteiger partial charge in [-0.15, -0.1) is 11.3 Å². The Bertz CT molecular complexity index is 482. The third-order valence-electron chi connectivity index (χ3n) is 3.54. The summed E-state index contributed by atoms with van der Waals surface area (Å²) in [6.45, 7) is 4.08. The predicted octanol–water partition coefficient (Wildman–Crippen LogP) is 2.80. The van der Waals surface area contributed by atoms with E-state index in [1.165, 1.54) is 9.75 Å². The van der Waals surface area contributed by atoms with Crippen molar-refractivity contribution in [1.29, 1.82) is 5.26 Å². The maximum atomic E-state index is 12.1. The van der Waals surface area contributed by atoms with Gasteiger partial charge < -0.3 is 5.32 Å². The first-order chi connectivity index (χ1) is 8.55. The molecular weight excluding hydrogens is 244 g/mol. The van der Waals surface area contributed by atoms with Crippen LogP contribution in [-0.2, 0) is 11.2 Å². The Balaban J connectivity index is 1.90. The third-order valence-corrected chi connectivity index (χ3v) is 4.56. The number of aryl methyl sites for hydroxylation is 1. The molecule has 2 rings (SSSR count). The molecule has 96 valence electrons. The Morgan fingerprint density at radius 2 is 2.33 bits per heavy atom. The average Bonchev–Trinajstić information content (AvgIpc) is 2.62. The summed E-state index contributed by atoms with van der Waals surface area (Å²) in [5, 5.41) is 12.1. The maximum Gasteiger partial charge on any atom is 0.240 e. The van der Waals surface area contributed by atoms with E-state index in [9.17, 15) is 4.79 Å². The number of amides is 1. The quantitative estimate of drug-likeness (QED) is 0.907. The molecule has 1 unspecified atom stereocenters. The van der Waals surface area contributed by atoms with Crippen LogP contribution in [0.15, 0.2) is 12.1 Å². The molecule has 3 nitrogen and oxygen atoms in total. The third kappa shape index (κ3) is 2.56. The fourth-order valence-corrected chi connectivity index (χ4v) is 3.25. The largest absolute Gasteiger partial charge is 0.352 e. The molecule has 0 bridgehead atoms. The van der Waals surface area contributed by atoms with E-state index in [1.807, 2.05) is 6.92 Å². The van der Waals surface area contributed by atoms with Crippen molar-refractivity contribution in [2.45, 2.75) is 45.6 Å². The van der Waals surface area contributed by atoms with Crippen LogP contribution in [0.3, 0.4) is 0 Å². The summed E-state index contributed by atoms with van der Waals surface area (Å²) in [7, 11) is 0. The Hall–Kier alpha value is -1.34. The van der Waals surface area contributed by atoms with Gasteiger partial charge in [-0.25, -0.2) is 0 Å². The van der Waals surface area contributed by atoms with E-state index < -0.39 is 5.41 Å². The van der Waals surface area contributed by atoms with E-state index in [0.29, 0.717) is 12.8 Å². The topological polar surface area (TPSA) is 52.9 Å². The van der Waals surface area contributed by atoms with E-state index in [1.54, 1.807) is 11.3 Å². The lowest BCUT2D eigenvalue weighted by molar-refractivity contribution is -0.132. The molecule has 1 atom stereocenters. The lowest BCUT2D eigenvalue weighted by atomic mass is 9.69. The number of carbonyl (C=O) groups is 1. The molecule has 18 heavy (non-hydrogen) atoms. The molecule has 1 aromatic heterocycles. The molecular formula is C14H18N2OS. The number of nitriles is 1. The van der Waals surface area contributed by atoms with E-state index >= 15 is 0 Å². The first-order valence-corrected chi connectivity index (χ1v) is 7.15. The van der Waals surface area contributed by atoms with E-state index in [4.69, 9.17) is 5.26 Å². The summed E-state index contributed by atoms with van der Waals surface area (Å²) in [5.41, 5.74) is -0.736. The van der Waals surface area contributed by atoms with E-state index in [2.05, 4.69) is 30.4 Å². The number of thiophene rings is 1. The second kappa shape index (κ2) is 5.11. The molecule has 0 radical (unpaired) electrons. The first kappa shape index (κ1) is 13.1. The minimum Gasteiger partial charge on any atom is -0.352 e. The van der Waals surface area contributed by atoms with Crippen molar-refractivity contribution in [1.82, 2.24) is 5.32 Å². The lowest BCUT2D eigenvalue weighted by Gasteiger charge is -2.34. The molecule has 1 heterocycles. The van der Waals surface area contributed by atoms with E-state index in [-0.39, 0.29) is 11.9 Å². The summed E-state index contributed by atoms with van der Waals surface area (Å²) >= 11 is 1.76. The summed E-state index contributed by atoms with van der Waals surface area (Å²) in [4.78, 5) is 14.6. The maximum absolute atomic E-state index is 12.1. The molecule has 0 aromatic carbocycles. The Morgan fingerprint density at radius 3 is 2.78 bits per heavy atom. The molecule has 1 aromatic rings. The predicted molar refractivity (Wildman–Crippen MR) is 72.3 cm³/mol. The second-order valence-corrected chi connectivity index (χ2v) is 6.51. The van der Waals surface area contributed by atoms with Gasteiger partial charge in [-0.1, -0.05) is 0 Å². The molecule has 1 saturated carbocycles. The standard InChI is InChI=1S/C14H18N2OS/c1-10(8-12-5-4-11(2)18-12)16-13(17)14(9-15)6-3-7-14/h4-5,10H,3,6-8H2,1-2H3,(H,16,17). The van der Waals surface area contributed by atoms with Crippen LogP contribution in [-0.4, -0.2) is 11.9 Å². The van der Waals surface area contributed by atoms with Gasteiger partial charge in [0.1, 0.15) is 5.41 Å². The van der Waals surface area contributed by atoms with Gasteiger partial charge in [-0.3, -0.25) is 4.79 Å².